The topological polar surface area (TPSA) is 54.9 Å². The highest BCUT2D eigenvalue weighted by Gasteiger charge is 2.01. The van der Waals surface area contributed by atoms with Crippen LogP contribution in [0.2, 0.25) is 0 Å². The number of hydrogen-bond acceptors (Lipinski definition) is 4. The van der Waals surface area contributed by atoms with Gasteiger partial charge in [0.15, 0.2) is 5.11 Å². The van der Waals surface area contributed by atoms with Gasteiger partial charge in [-0.25, -0.2) is 0 Å². The minimum atomic E-state index is 0.137. The fraction of sp³-hybridized carbons (Fsp3) is 0.529. The monoisotopic (exact) mass is 337 g/mol. The second-order valence-corrected chi connectivity index (χ2v) is 6.21. The summed E-state index contributed by atoms with van der Waals surface area (Å²) >= 11 is 5.14. The summed E-state index contributed by atoms with van der Waals surface area (Å²) in [6.45, 7) is 7.69. The Kier molecular flexibility index (Phi) is 9.24. The van der Waals surface area contributed by atoms with Crippen LogP contribution in [0.15, 0.2) is 29.4 Å². The molecule has 0 spiro atoms. The summed E-state index contributed by atoms with van der Waals surface area (Å²) in [5.74, 6) is 1.53. The van der Waals surface area contributed by atoms with Crippen LogP contribution in [0, 0.1) is 5.92 Å². The molecule has 23 heavy (non-hydrogen) atoms. The van der Waals surface area contributed by atoms with Crippen LogP contribution in [0.1, 0.15) is 32.8 Å². The zero-order chi connectivity index (χ0) is 17.1. The van der Waals surface area contributed by atoms with E-state index in [4.69, 9.17) is 21.7 Å². The van der Waals surface area contributed by atoms with Crippen LogP contribution in [0.3, 0.4) is 0 Å². The highest BCUT2D eigenvalue weighted by atomic mass is 32.1. The van der Waals surface area contributed by atoms with Crippen molar-refractivity contribution in [2.75, 3.05) is 20.3 Å². The van der Waals surface area contributed by atoms with E-state index >= 15 is 0 Å². The summed E-state index contributed by atoms with van der Waals surface area (Å²) < 4.78 is 10.7. The van der Waals surface area contributed by atoms with Gasteiger partial charge >= 0.3 is 0 Å². The molecule has 0 aliphatic carbocycles. The van der Waals surface area contributed by atoms with Gasteiger partial charge in [0, 0.05) is 13.2 Å². The molecule has 0 fully saturated rings. The third-order valence-corrected chi connectivity index (χ3v) is 3.23. The summed E-state index contributed by atoms with van der Waals surface area (Å²) in [5, 5.41) is 7.65. The van der Waals surface area contributed by atoms with Gasteiger partial charge in [0.2, 0.25) is 0 Å². The summed E-state index contributed by atoms with van der Waals surface area (Å²) in [6, 6.07) is 7.94. The number of benzene rings is 1. The van der Waals surface area contributed by atoms with E-state index in [2.05, 4.69) is 29.7 Å². The molecule has 0 saturated carbocycles. The number of methoxy groups -OCH3 is 1. The van der Waals surface area contributed by atoms with E-state index in [-0.39, 0.29) is 6.04 Å². The first kappa shape index (κ1) is 19.4. The number of nitrogens with one attached hydrogen (secondary N) is 2. The van der Waals surface area contributed by atoms with Crippen molar-refractivity contribution in [1.82, 2.24) is 10.7 Å². The van der Waals surface area contributed by atoms with Gasteiger partial charge in [-0.15, -0.1) is 0 Å². The summed E-state index contributed by atoms with van der Waals surface area (Å²) in [5.41, 5.74) is 3.76. The fourth-order valence-electron chi connectivity index (χ4n) is 1.78. The van der Waals surface area contributed by atoms with Gasteiger partial charge in [0.25, 0.3) is 0 Å². The van der Waals surface area contributed by atoms with Crippen LogP contribution < -0.4 is 15.5 Å². The molecule has 1 atom stereocenters. The van der Waals surface area contributed by atoms with Crippen LogP contribution in [0.4, 0.5) is 0 Å². The van der Waals surface area contributed by atoms with Crippen LogP contribution >= 0.6 is 12.2 Å². The van der Waals surface area contributed by atoms with Gasteiger partial charge in [-0.05, 0) is 61.3 Å². The van der Waals surface area contributed by atoms with Crippen molar-refractivity contribution in [1.29, 1.82) is 0 Å². The lowest BCUT2D eigenvalue weighted by Crippen LogP contribution is -2.40. The molecule has 1 rings (SSSR count). The second-order valence-electron chi connectivity index (χ2n) is 5.80. The molecule has 0 radical (unpaired) electrons. The maximum absolute atomic E-state index is 5.68. The minimum absolute atomic E-state index is 0.137. The number of hydrogen-bond donors (Lipinski definition) is 2. The third-order valence-electron chi connectivity index (χ3n) is 3.02. The minimum Gasteiger partial charge on any atom is -0.494 e. The number of nitrogens with zero attached hydrogens (tertiary/aromatic N) is 1. The molecule has 2 N–H and O–H groups in total. The molecule has 0 heterocycles. The average Bonchev–Trinajstić information content (AvgIpc) is 2.48. The molecule has 0 saturated heterocycles. The molecule has 6 heteroatoms. The molecular formula is C17H27N3O2S. The Hall–Kier alpha value is -1.66. The lowest BCUT2D eigenvalue weighted by molar-refractivity contribution is 0.179. The van der Waals surface area contributed by atoms with E-state index in [9.17, 15) is 0 Å². The van der Waals surface area contributed by atoms with Crippen molar-refractivity contribution < 1.29 is 9.47 Å². The van der Waals surface area contributed by atoms with Gasteiger partial charge in [-0.1, -0.05) is 13.8 Å². The standard InChI is InChI=1S/C17H27N3O2S/c1-13(2)9-10-22-16-7-5-15(6-8-16)11-18-20-17(23)19-14(3)12-21-4/h5-8,11,13-14H,9-10,12H2,1-4H3,(H2,19,20,23)/b18-11-/t14-/m1/s1. The lowest BCUT2D eigenvalue weighted by atomic mass is 10.1. The molecule has 0 unspecified atom stereocenters. The van der Waals surface area contributed by atoms with Gasteiger partial charge in [-0.3, -0.25) is 5.43 Å². The number of ether oxygens (including phenoxy) is 2. The molecule has 0 amide bonds. The molecule has 0 aromatic heterocycles. The maximum Gasteiger partial charge on any atom is 0.187 e. The van der Waals surface area contributed by atoms with Crippen LogP contribution in [-0.2, 0) is 4.74 Å². The van der Waals surface area contributed by atoms with Crippen LogP contribution in [-0.4, -0.2) is 37.7 Å². The average molecular weight is 337 g/mol. The summed E-state index contributed by atoms with van der Waals surface area (Å²) in [4.78, 5) is 0. The molecule has 1 aromatic carbocycles. The second kappa shape index (κ2) is 11.0. The van der Waals surface area contributed by atoms with Crippen molar-refractivity contribution in [3.05, 3.63) is 29.8 Å². The Labute approximate surface area is 144 Å². The predicted octanol–water partition coefficient (Wildman–Crippen LogP) is 2.94. The summed E-state index contributed by atoms with van der Waals surface area (Å²) in [6.07, 6.45) is 2.77. The lowest BCUT2D eigenvalue weighted by Gasteiger charge is -2.13. The SMILES string of the molecule is COC[C@@H](C)NC(=S)N/N=C\c1ccc(OCCC(C)C)cc1. The molecule has 5 nitrogen and oxygen atoms in total. The van der Waals surface area contributed by atoms with Crippen molar-refractivity contribution in [3.8, 4) is 5.75 Å². The van der Waals surface area contributed by atoms with Crippen molar-refractivity contribution >= 4 is 23.5 Å². The van der Waals surface area contributed by atoms with E-state index in [1.165, 1.54) is 0 Å². The maximum atomic E-state index is 5.68. The largest absolute Gasteiger partial charge is 0.494 e. The molecule has 0 aliphatic heterocycles. The highest BCUT2D eigenvalue weighted by Crippen LogP contribution is 2.12. The Balaban J connectivity index is 2.35. The van der Waals surface area contributed by atoms with Gasteiger partial charge in [-0.2, -0.15) is 5.10 Å². The Morgan fingerprint density at radius 2 is 1.96 bits per heavy atom. The van der Waals surface area contributed by atoms with Gasteiger partial charge in [0.05, 0.1) is 19.4 Å². The first-order chi connectivity index (χ1) is 11.0. The molecule has 0 bridgehead atoms. The zero-order valence-electron chi connectivity index (χ0n) is 14.3. The Bertz CT molecular complexity index is 489. The van der Waals surface area contributed by atoms with E-state index in [1.54, 1.807) is 13.3 Å². The first-order valence-electron chi connectivity index (χ1n) is 7.82. The van der Waals surface area contributed by atoms with E-state index < -0.39 is 0 Å². The number of rotatable bonds is 9. The number of thiocarbonyl (C=S) groups is 1. The van der Waals surface area contributed by atoms with E-state index in [0.29, 0.717) is 17.6 Å². The first-order valence-corrected chi connectivity index (χ1v) is 8.23. The Morgan fingerprint density at radius 1 is 1.26 bits per heavy atom. The van der Waals surface area contributed by atoms with Gasteiger partial charge in [0.1, 0.15) is 5.75 Å². The summed E-state index contributed by atoms with van der Waals surface area (Å²) in [7, 11) is 1.66. The van der Waals surface area contributed by atoms with Crippen LogP contribution in [0.5, 0.6) is 5.75 Å². The third kappa shape index (κ3) is 9.15. The highest BCUT2D eigenvalue weighted by molar-refractivity contribution is 7.80. The van der Waals surface area contributed by atoms with E-state index in [0.717, 1.165) is 24.3 Å². The van der Waals surface area contributed by atoms with Crippen molar-refractivity contribution in [3.63, 3.8) is 0 Å². The molecule has 1 aromatic rings. The normalized spacial score (nSPS) is 12.4. The Morgan fingerprint density at radius 3 is 2.57 bits per heavy atom. The zero-order valence-corrected chi connectivity index (χ0v) is 15.2. The molecular weight excluding hydrogens is 310 g/mol. The van der Waals surface area contributed by atoms with Gasteiger partial charge < -0.3 is 14.8 Å². The molecule has 0 aliphatic rings. The smallest absolute Gasteiger partial charge is 0.187 e. The fourth-order valence-corrected chi connectivity index (χ4v) is 2.03. The molecule has 128 valence electrons. The van der Waals surface area contributed by atoms with Crippen molar-refractivity contribution in [2.45, 2.75) is 33.2 Å². The quantitative estimate of drug-likeness (QED) is 0.412. The van der Waals surface area contributed by atoms with Crippen LogP contribution in [0.25, 0.3) is 0 Å². The number of hydrazone groups is 1. The predicted molar refractivity (Wildman–Crippen MR) is 99.2 cm³/mol. The van der Waals surface area contributed by atoms with E-state index in [1.807, 2.05) is 31.2 Å². The van der Waals surface area contributed by atoms with Crippen molar-refractivity contribution in [2.24, 2.45) is 11.0 Å².